The second kappa shape index (κ2) is 10.1. The second-order valence-corrected chi connectivity index (χ2v) is 8.33. The maximum Gasteiger partial charge on any atom is 0.319 e. The summed E-state index contributed by atoms with van der Waals surface area (Å²) < 4.78 is 0. The smallest absolute Gasteiger partial charge is 0.319 e. The summed E-state index contributed by atoms with van der Waals surface area (Å²) >= 11 is 0.996. The van der Waals surface area contributed by atoms with Gasteiger partial charge in [0.25, 0.3) is 5.24 Å². The van der Waals surface area contributed by atoms with Crippen LogP contribution in [0.2, 0.25) is 0 Å². The van der Waals surface area contributed by atoms with Crippen LogP contribution in [-0.2, 0) is 16.1 Å². The molecule has 1 unspecified atom stereocenters. The van der Waals surface area contributed by atoms with E-state index in [9.17, 15) is 19.2 Å². The molecule has 1 saturated heterocycles. The number of rotatable bonds is 7. The van der Waals surface area contributed by atoms with Crippen LogP contribution in [0.1, 0.15) is 19.4 Å². The third-order valence-corrected chi connectivity index (χ3v) is 5.53. The number of benzene rings is 2. The molecule has 1 aliphatic rings. The van der Waals surface area contributed by atoms with Gasteiger partial charge in [-0.1, -0.05) is 55.9 Å². The average Bonchev–Trinajstić information content (AvgIpc) is 3.06. The van der Waals surface area contributed by atoms with Crippen molar-refractivity contribution in [3.05, 3.63) is 60.2 Å². The number of nitrogens with zero attached hydrogens (tertiary/aromatic N) is 1. The average molecular weight is 441 g/mol. The van der Waals surface area contributed by atoms with Crippen LogP contribution in [-0.4, -0.2) is 39.8 Å². The van der Waals surface area contributed by atoms with Gasteiger partial charge in [0, 0.05) is 11.4 Å². The SMILES string of the molecule is CC(C)C(NC(=O)Nc1ccccc1)C(=O)Nc1ccc(CN2C(=O)CSC2=O)cc1. The van der Waals surface area contributed by atoms with Crippen molar-refractivity contribution in [1.82, 2.24) is 10.2 Å². The highest BCUT2D eigenvalue weighted by molar-refractivity contribution is 8.14. The highest BCUT2D eigenvalue weighted by atomic mass is 32.2. The zero-order chi connectivity index (χ0) is 22.4. The van der Waals surface area contributed by atoms with Gasteiger partial charge < -0.3 is 16.0 Å². The Morgan fingerprint density at radius 2 is 1.61 bits per heavy atom. The Hall–Kier alpha value is -3.33. The largest absolute Gasteiger partial charge is 0.326 e. The third kappa shape index (κ3) is 6.08. The maximum absolute atomic E-state index is 12.7. The molecular formula is C22H24N4O4S. The predicted octanol–water partition coefficient (Wildman–Crippen LogP) is 3.67. The van der Waals surface area contributed by atoms with Gasteiger partial charge in [0.1, 0.15) is 6.04 Å². The number of carbonyl (C=O) groups is 4. The van der Waals surface area contributed by atoms with E-state index in [-0.39, 0.29) is 35.3 Å². The molecule has 9 heteroatoms. The van der Waals surface area contributed by atoms with Crippen LogP contribution in [0, 0.1) is 5.92 Å². The second-order valence-electron chi connectivity index (χ2n) is 7.41. The van der Waals surface area contributed by atoms with Crippen molar-refractivity contribution in [2.24, 2.45) is 5.92 Å². The van der Waals surface area contributed by atoms with Gasteiger partial charge in [-0.25, -0.2) is 4.79 Å². The molecule has 5 amide bonds. The first kappa shape index (κ1) is 22.4. The van der Waals surface area contributed by atoms with Gasteiger partial charge in [-0.15, -0.1) is 0 Å². The zero-order valence-electron chi connectivity index (χ0n) is 17.3. The summed E-state index contributed by atoms with van der Waals surface area (Å²) in [5, 5.41) is 7.96. The molecule has 0 saturated carbocycles. The number of anilines is 2. The number of amides is 5. The van der Waals surface area contributed by atoms with E-state index in [1.54, 1.807) is 48.5 Å². The third-order valence-electron chi connectivity index (χ3n) is 4.67. The molecule has 0 radical (unpaired) electrons. The molecule has 0 aliphatic carbocycles. The molecule has 162 valence electrons. The summed E-state index contributed by atoms with van der Waals surface area (Å²) in [6.45, 7) is 3.89. The van der Waals surface area contributed by atoms with E-state index >= 15 is 0 Å². The summed E-state index contributed by atoms with van der Waals surface area (Å²) in [5.74, 6) is -0.501. The van der Waals surface area contributed by atoms with Gasteiger partial charge >= 0.3 is 6.03 Å². The Labute approximate surface area is 184 Å². The Morgan fingerprint density at radius 1 is 0.968 bits per heavy atom. The monoisotopic (exact) mass is 440 g/mol. The predicted molar refractivity (Wildman–Crippen MR) is 121 cm³/mol. The number of hydrogen-bond acceptors (Lipinski definition) is 5. The number of thioether (sulfide) groups is 1. The maximum atomic E-state index is 12.7. The molecule has 1 atom stereocenters. The fourth-order valence-electron chi connectivity index (χ4n) is 2.99. The summed E-state index contributed by atoms with van der Waals surface area (Å²) in [5.41, 5.74) is 1.97. The Kier molecular flexibility index (Phi) is 7.30. The number of para-hydroxylation sites is 1. The number of urea groups is 1. The molecule has 2 aromatic rings. The van der Waals surface area contributed by atoms with E-state index in [2.05, 4.69) is 16.0 Å². The van der Waals surface area contributed by atoms with E-state index in [0.29, 0.717) is 11.4 Å². The van der Waals surface area contributed by atoms with Crippen molar-refractivity contribution in [2.45, 2.75) is 26.4 Å². The van der Waals surface area contributed by atoms with Gasteiger partial charge in [0.05, 0.1) is 12.3 Å². The van der Waals surface area contributed by atoms with E-state index in [1.807, 2.05) is 19.9 Å². The van der Waals surface area contributed by atoms with Crippen LogP contribution in [0.4, 0.5) is 21.0 Å². The highest BCUT2D eigenvalue weighted by Gasteiger charge is 2.29. The zero-order valence-corrected chi connectivity index (χ0v) is 18.1. The first-order valence-corrected chi connectivity index (χ1v) is 10.8. The van der Waals surface area contributed by atoms with Gasteiger partial charge in [-0.3, -0.25) is 19.3 Å². The molecule has 8 nitrogen and oxygen atoms in total. The molecular weight excluding hydrogens is 416 g/mol. The van der Waals surface area contributed by atoms with Crippen molar-refractivity contribution in [2.75, 3.05) is 16.4 Å². The molecule has 0 aromatic heterocycles. The molecule has 3 N–H and O–H groups in total. The summed E-state index contributed by atoms with van der Waals surface area (Å²) in [4.78, 5) is 49.7. The van der Waals surface area contributed by atoms with Crippen LogP contribution in [0.15, 0.2) is 54.6 Å². The molecule has 2 aromatic carbocycles. The van der Waals surface area contributed by atoms with E-state index < -0.39 is 12.1 Å². The van der Waals surface area contributed by atoms with Gasteiger partial charge in [-0.05, 0) is 35.7 Å². The lowest BCUT2D eigenvalue weighted by atomic mass is 10.0. The molecule has 31 heavy (non-hydrogen) atoms. The van der Waals surface area contributed by atoms with Crippen molar-refractivity contribution in [1.29, 1.82) is 0 Å². The van der Waals surface area contributed by atoms with Crippen molar-refractivity contribution in [3.8, 4) is 0 Å². The van der Waals surface area contributed by atoms with E-state index in [1.165, 1.54) is 4.90 Å². The molecule has 3 rings (SSSR count). The van der Waals surface area contributed by atoms with Crippen molar-refractivity contribution < 1.29 is 19.2 Å². The number of hydrogen-bond donors (Lipinski definition) is 3. The van der Waals surface area contributed by atoms with Gasteiger partial charge in [0.2, 0.25) is 11.8 Å². The van der Waals surface area contributed by atoms with Gasteiger partial charge in [-0.2, -0.15) is 0 Å². The Morgan fingerprint density at radius 3 is 2.19 bits per heavy atom. The van der Waals surface area contributed by atoms with Crippen LogP contribution in [0.25, 0.3) is 0 Å². The van der Waals surface area contributed by atoms with Crippen LogP contribution < -0.4 is 16.0 Å². The molecule has 1 aliphatic heterocycles. The Balaban J connectivity index is 1.58. The van der Waals surface area contributed by atoms with E-state index in [4.69, 9.17) is 0 Å². The quantitative estimate of drug-likeness (QED) is 0.609. The standard InChI is InChI=1S/C22H24N4O4S/c1-14(2)19(25-21(29)24-16-6-4-3-5-7-16)20(28)23-17-10-8-15(9-11-17)12-26-18(27)13-31-22(26)30/h3-11,14,19H,12-13H2,1-2H3,(H,23,28)(H2,24,25,29). The molecule has 0 bridgehead atoms. The molecule has 0 spiro atoms. The topological polar surface area (TPSA) is 108 Å². The fourth-order valence-corrected chi connectivity index (χ4v) is 3.72. The first-order valence-electron chi connectivity index (χ1n) is 9.83. The lowest BCUT2D eigenvalue weighted by Crippen LogP contribution is -2.48. The lowest BCUT2D eigenvalue weighted by Gasteiger charge is -2.22. The van der Waals surface area contributed by atoms with Crippen molar-refractivity contribution >= 4 is 46.2 Å². The summed E-state index contributed by atoms with van der Waals surface area (Å²) in [7, 11) is 0. The van der Waals surface area contributed by atoms with Gasteiger partial charge in [0.15, 0.2) is 0 Å². The number of nitrogens with one attached hydrogen (secondary N) is 3. The van der Waals surface area contributed by atoms with Crippen LogP contribution >= 0.6 is 11.8 Å². The first-order chi connectivity index (χ1) is 14.8. The van der Waals surface area contributed by atoms with Crippen LogP contribution in [0.5, 0.6) is 0 Å². The minimum Gasteiger partial charge on any atom is -0.326 e. The minimum absolute atomic E-state index is 0.134. The number of carbonyl (C=O) groups excluding carboxylic acids is 4. The van der Waals surface area contributed by atoms with Crippen LogP contribution in [0.3, 0.4) is 0 Å². The normalized spacial score (nSPS) is 14.5. The highest BCUT2D eigenvalue weighted by Crippen LogP contribution is 2.22. The molecule has 1 fully saturated rings. The van der Waals surface area contributed by atoms with E-state index in [0.717, 1.165) is 17.3 Å². The molecule has 1 heterocycles. The fraction of sp³-hybridized carbons (Fsp3) is 0.273. The summed E-state index contributed by atoms with van der Waals surface area (Å²) in [6.07, 6.45) is 0. The summed E-state index contributed by atoms with van der Waals surface area (Å²) in [6, 6.07) is 14.7. The van der Waals surface area contributed by atoms with Crippen molar-refractivity contribution in [3.63, 3.8) is 0 Å². The minimum atomic E-state index is -0.736. The Bertz CT molecular complexity index is 947. The number of imide groups is 1. The lowest BCUT2D eigenvalue weighted by molar-refractivity contribution is -0.125.